The fraction of sp³-hybridized carbons (Fsp3) is 0.889. The molecule has 2 fully saturated rings. The highest BCUT2D eigenvalue weighted by molar-refractivity contribution is 5.74. The minimum atomic E-state index is -0.817. The summed E-state index contributed by atoms with van der Waals surface area (Å²) in [6.45, 7) is 7.14. The molecule has 4 N–H and O–H groups in total. The van der Waals surface area contributed by atoms with Crippen LogP contribution in [0, 0.1) is 5.41 Å². The van der Waals surface area contributed by atoms with Crippen molar-refractivity contribution in [3.63, 3.8) is 0 Å². The number of hydrogen-bond donors (Lipinski definition) is 4. The molecule has 0 atom stereocenters. The van der Waals surface area contributed by atoms with E-state index in [0.29, 0.717) is 13.1 Å². The molecule has 0 radical (unpaired) electrons. The van der Waals surface area contributed by atoms with Crippen LogP contribution in [0.1, 0.15) is 59.3 Å². The number of hydrogen-bond acceptors (Lipinski definition) is 4. The van der Waals surface area contributed by atoms with Crippen LogP contribution in [0.5, 0.6) is 0 Å². The Hall–Kier alpha value is -1.34. The van der Waals surface area contributed by atoms with Crippen LogP contribution in [0.25, 0.3) is 0 Å². The monoisotopic (exact) mass is 355 g/mol. The molecule has 0 saturated heterocycles. The first-order chi connectivity index (χ1) is 11.7. The van der Waals surface area contributed by atoms with E-state index in [2.05, 4.69) is 10.6 Å². The molecule has 0 spiro atoms. The lowest BCUT2D eigenvalue weighted by molar-refractivity contribution is -0.139. The average Bonchev–Trinajstić information content (AvgIpc) is 2.95. The third-order valence-corrected chi connectivity index (χ3v) is 6.09. The van der Waals surface area contributed by atoms with Crippen molar-refractivity contribution in [2.45, 2.75) is 77.0 Å². The summed E-state index contributed by atoms with van der Waals surface area (Å²) in [5.41, 5.74) is -1.05. The van der Waals surface area contributed by atoms with Gasteiger partial charge in [0.05, 0.1) is 12.1 Å². The predicted octanol–water partition coefficient (Wildman–Crippen LogP) is 1.55. The van der Waals surface area contributed by atoms with Gasteiger partial charge in [0.2, 0.25) is 0 Å². The lowest BCUT2D eigenvalue weighted by Gasteiger charge is -2.43. The van der Waals surface area contributed by atoms with Crippen LogP contribution >= 0.6 is 0 Å². The van der Waals surface area contributed by atoms with Gasteiger partial charge in [-0.3, -0.25) is 9.69 Å². The fourth-order valence-corrected chi connectivity index (χ4v) is 4.02. The van der Waals surface area contributed by atoms with Gasteiger partial charge in [0.1, 0.15) is 0 Å². The Kier molecular flexibility index (Phi) is 6.32. The second-order valence-electron chi connectivity index (χ2n) is 8.23. The van der Waals surface area contributed by atoms with Crippen molar-refractivity contribution in [1.29, 1.82) is 0 Å². The number of carboxylic acid groups (broad SMARTS) is 1. The molecule has 0 heterocycles. The van der Waals surface area contributed by atoms with Gasteiger partial charge in [0.15, 0.2) is 0 Å². The highest BCUT2D eigenvalue weighted by Gasteiger charge is 2.45. The van der Waals surface area contributed by atoms with E-state index in [0.717, 1.165) is 38.5 Å². The molecule has 2 rings (SSSR count). The first-order valence-electron chi connectivity index (χ1n) is 9.39. The number of amides is 2. The highest BCUT2D eigenvalue weighted by atomic mass is 16.4. The van der Waals surface area contributed by atoms with E-state index >= 15 is 0 Å². The molecule has 7 heteroatoms. The van der Waals surface area contributed by atoms with Crippen molar-refractivity contribution in [2.75, 3.05) is 19.6 Å². The summed E-state index contributed by atoms with van der Waals surface area (Å²) in [7, 11) is 0. The first-order valence-corrected chi connectivity index (χ1v) is 9.39. The van der Waals surface area contributed by atoms with Gasteiger partial charge in [-0.25, -0.2) is 4.79 Å². The van der Waals surface area contributed by atoms with Crippen molar-refractivity contribution < 1.29 is 19.8 Å². The molecule has 0 bridgehead atoms. The summed E-state index contributed by atoms with van der Waals surface area (Å²) in [5.74, 6) is -0.817. The van der Waals surface area contributed by atoms with E-state index < -0.39 is 11.6 Å². The molecule has 0 unspecified atom stereocenters. The summed E-state index contributed by atoms with van der Waals surface area (Å²) in [6.07, 6.45) is 5.23. The minimum absolute atomic E-state index is 0.0485. The quantitative estimate of drug-likeness (QED) is 0.529. The van der Waals surface area contributed by atoms with Gasteiger partial charge in [-0.1, -0.05) is 33.6 Å². The fourth-order valence-electron chi connectivity index (χ4n) is 4.02. The molecule has 0 aliphatic heterocycles. The predicted molar refractivity (Wildman–Crippen MR) is 95.4 cm³/mol. The number of carboxylic acids is 1. The van der Waals surface area contributed by atoms with E-state index in [4.69, 9.17) is 5.11 Å². The molecule has 0 aromatic carbocycles. The average molecular weight is 355 g/mol. The zero-order valence-corrected chi connectivity index (χ0v) is 15.7. The van der Waals surface area contributed by atoms with Gasteiger partial charge < -0.3 is 20.8 Å². The second-order valence-corrected chi connectivity index (χ2v) is 8.23. The summed E-state index contributed by atoms with van der Waals surface area (Å²) in [6, 6.07) is 0.104. The van der Waals surface area contributed by atoms with Crippen LogP contribution in [0.15, 0.2) is 0 Å². The Labute approximate surface area is 150 Å². The summed E-state index contributed by atoms with van der Waals surface area (Å²) >= 11 is 0. The van der Waals surface area contributed by atoms with E-state index in [9.17, 15) is 14.7 Å². The molecule has 2 saturated carbocycles. The van der Waals surface area contributed by atoms with Gasteiger partial charge in [-0.05, 0) is 32.2 Å². The van der Waals surface area contributed by atoms with Crippen LogP contribution in [0.2, 0.25) is 0 Å². The maximum atomic E-state index is 12.1. The Morgan fingerprint density at radius 3 is 2.36 bits per heavy atom. The third-order valence-electron chi connectivity index (χ3n) is 6.09. The van der Waals surface area contributed by atoms with E-state index in [-0.39, 0.29) is 30.1 Å². The number of nitrogens with one attached hydrogen (secondary N) is 2. The van der Waals surface area contributed by atoms with Crippen molar-refractivity contribution in [3.05, 3.63) is 0 Å². The van der Waals surface area contributed by atoms with Gasteiger partial charge >= 0.3 is 12.0 Å². The topological polar surface area (TPSA) is 102 Å². The first kappa shape index (κ1) is 20.0. The molecular weight excluding hydrogens is 322 g/mol. The molecule has 7 nitrogen and oxygen atoms in total. The lowest BCUT2D eigenvalue weighted by Crippen LogP contribution is -2.57. The van der Waals surface area contributed by atoms with Crippen molar-refractivity contribution in [1.82, 2.24) is 15.5 Å². The molecule has 25 heavy (non-hydrogen) atoms. The number of carbonyl (C=O) groups excluding carboxylic acids is 1. The number of aliphatic carboxylic acids is 1. The normalized spacial score (nSPS) is 25.5. The molecule has 0 aromatic heterocycles. The Balaban J connectivity index is 1.71. The van der Waals surface area contributed by atoms with Crippen LogP contribution in [-0.4, -0.2) is 64.4 Å². The van der Waals surface area contributed by atoms with Gasteiger partial charge in [-0.2, -0.15) is 0 Å². The summed E-state index contributed by atoms with van der Waals surface area (Å²) in [5, 5.41) is 25.5. The van der Waals surface area contributed by atoms with Crippen LogP contribution in [0.3, 0.4) is 0 Å². The van der Waals surface area contributed by atoms with E-state index in [1.54, 1.807) is 0 Å². The number of nitrogens with zero attached hydrogens (tertiary/aromatic N) is 1. The summed E-state index contributed by atoms with van der Waals surface area (Å²) < 4.78 is 0. The smallest absolute Gasteiger partial charge is 0.317 e. The van der Waals surface area contributed by atoms with Crippen molar-refractivity contribution in [2.24, 2.45) is 5.41 Å². The number of likely N-dealkylation sites (N-methyl/N-ethyl adjacent to an activating group) is 1. The SMILES string of the molecule is CCN(CC(=O)O)C1CC(NC(=O)NCC(C)(C)C2(O)CCCC2)C1. The molecular formula is C18H33N3O4. The zero-order valence-electron chi connectivity index (χ0n) is 15.7. The number of urea groups is 1. The number of rotatable bonds is 8. The second kappa shape index (κ2) is 7.91. The van der Waals surface area contributed by atoms with Gasteiger partial charge in [0, 0.05) is 24.0 Å². The Morgan fingerprint density at radius 1 is 1.24 bits per heavy atom. The van der Waals surface area contributed by atoms with Crippen LogP contribution in [-0.2, 0) is 4.79 Å². The molecule has 0 aromatic rings. The van der Waals surface area contributed by atoms with Gasteiger partial charge in [0.25, 0.3) is 0 Å². The molecule has 2 amide bonds. The Morgan fingerprint density at radius 2 is 1.84 bits per heavy atom. The third kappa shape index (κ3) is 4.85. The van der Waals surface area contributed by atoms with Crippen LogP contribution < -0.4 is 10.6 Å². The highest BCUT2D eigenvalue weighted by Crippen LogP contribution is 2.43. The minimum Gasteiger partial charge on any atom is -0.480 e. The summed E-state index contributed by atoms with van der Waals surface area (Å²) in [4.78, 5) is 24.9. The molecule has 144 valence electrons. The van der Waals surface area contributed by atoms with E-state index in [1.807, 2.05) is 25.7 Å². The molecule has 2 aliphatic carbocycles. The Bertz CT molecular complexity index is 483. The zero-order chi connectivity index (χ0) is 18.7. The molecule has 2 aliphatic rings. The standard InChI is InChI=1S/C18H33N3O4/c1-4-21(11-15(22)23)14-9-13(10-14)20-16(24)19-12-17(2,3)18(25)7-5-6-8-18/h13-14,25H,4-12H2,1-3H3,(H,22,23)(H2,19,20,24). The lowest BCUT2D eigenvalue weighted by atomic mass is 9.73. The maximum absolute atomic E-state index is 12.1. The van der Waals surface area contributed by atoms with Gasteiger partial charge in [-0.15, -0.1) is 0 Å². The van der Waals surface area contributed by atoms with Crippen molar-refractivity contribution in [3.8, 4) is 0 Å². The van der Waals surface area contributed by atoms with Crippen LogP contribution in [0.4, 0.5) is 4.79 Å². The van der Waals surface area contributed by atoms with E-state index in [1.165, 1.54) is 0 Å². The number of aliphatic hydroxyl groups is 1. The van der Waals surface area contributed by atoms with Crippen molar-refractivity contribution >= 4 is 12.0 Å². The number of carbonyl (C=O) groups is 2. The maximum Gasteiger partial charge on any atom is 0.317 e. The largest absolute Gasteiger partial charge is 0.480 e.